The fourth-order valence-corrected chi connectivity index (χ4v) is 3.30. The second-order valence-corrected chi connectivity index (χ2v) is 6.96. The van der Waals surface area contributed by atoms with Crippen LogP contribution < -0.4 is 0 Å². The van der Waals surface area contributed by atoms with Crippen molar-refractivity contribution < 1.29 is 9.59 Å². The summed E-state index contributed by atoms with van der Waals surface area (Å²) >= 11 is 0. The van der Waals surface area contributed by atoms with E-state index in [1.807, 2.05) is 109 Å². The number of carbonyl (C=O) groups is 2. The molecule has 4 aromatic rings. The highest BCUT2D eigenvalue weighted by atomic mass is 16.1. The Morgan fingerprint density at radius 3 is 1.07 bits per heavy atom. The average Bonchev–Trinajstić information content (AvgIpc) is 2.80. The summed E-state index contributed by atoms with van der Waals surface area (Å²) in [6.07, 6.45) is 0.750. The minimum atomic E-state index is 0.0286. The third-order valence-corrected chi connectivity index (χ3v) is 4.91. The number of ketones is 2. The number of hydrogen-bond donors (Lipinski definition) is 0. The highest BCUT2D eigenvalue weighted by Crippen LogP contribution is 2.16. The van der Waals surface area contributed by atoms with Crippen molar-refractivity contribution in [3.63, 3.8) is 0 Å². The van der Waals surface area contributed by atoms with Crippen LogP contribution in [0.15, 0.2) is 109 Å². The molecule has 0 spiro atoms. The smallest absolute Gasteiger partial charge is 0.193 e. The van der Waals surface area contributed by atoms with E-state index in [2.05, 4.69) is 0 Å². The lowest BCUT2D eigenvalue weighted by Gasteiger charge is -2.06. The summed E-state index contributed by atoms with van der Waals surface area (Å²) in [6, 6.07) is 34.0. The Hall–Kier alpha value is -3.78. The third kappa shape index (κ3) is 4.39. The Labute approximate surface area is 170 Å². The molecular weight excluding hydrogens is 356 g/mol. The Morgan fingerprint density at radius 1 is 0.414 bits per heavy atom. The van der Waals surface area contributed by atoms with Gasteiger partial charge in [-0.05, 0) is 17.5 Å². The quantitative estimate of drug-likeness (QED) is 0.402. The summed E-state index contributed by atoms with van der Waals surface area (Å²) < 4.78 is 0. The second kappa shape index (κ2) is 8.49. The van der Waals surface area contributed by atoms with E-state index in [0.29, 0.717) is 22.3 Å². The first-order valence-corrected chi connectivity index (χ1v) is 9.58. The lowest BCUT2D eigenvalue weighted by Crippen LogP contribution is -2.02. The zero-order chi connectivity index (χ0) is 20.1. The molecule has 4 rings (SSSR count). The van der Waals surface area contributed by atoms with E-state index in [1.165, 1.54) is 0 Å². The van der Waals surface area contributed by atoms with E-state index in [0.717, 1.165) is 17.5 Å². The second-order valence-electron chi connectivity index (χ2n) is 6.96. The molecule has 4 aromatic carbocycles. The minimum Gasteiger partial charge on any atom is -0.289 e. The van der Waals surface area contributed by atoms with Crippen LogP contribution in [0.2, 0.25) is 0 Å². The summed E-state index contributed by atoms with van der Waals surface area (Å²) in [5.74, 6) is 0.0573. The molecule has 0 saturated heterocycles. The molecule has 0 fully saturated rings. The SMILES string of the molecule is O=C(c1ccccc1)c1ccc(Cc2ccc(C(=O)c3ccccc3)cc2)cc1. The van der Waals surface area contributed by atoms with Gasteiger partial charge < -0.3 is 0 Å². The van der Waals surface area contributed by atoms with Crippen molar-refractivity contribution in [1.29, 1.82) is 0 Å². The van der Waals surface area contributed by atoms with Crippen molar-refractivity contribution in [2.75, 3.05) is 0 Å². The maximum Gasteiger partial charge on any atom is 0.193 e. The van der Waals surface area contributed by atoms with Crippen LogP contribution in [0.1, 0.15) is 43.0 Å². The molecule has 0 unspecified atom stereocenters. The van der Waals surface area contributed by atoms with Gasteiger partial charge in [-0.3, -0.25) is 9.59 Å². The maximum atomic E-state index is 12.5. The molecule has 0 aliphatic rings. The molecule has 0 aromatic heterocycles. The predicted octanol–water partition coefficient (Wildman–Crippen LogP) is 5.74. The van der Waals surface area contributed by atoms with E-state index in [1.54, 1.807) is 0 Å². The van der Waals surface area contributed by atoms with Crippen molar-refractivity contribution >= 4 is 11.6 Å². The van der Waals surface area contributed by atoms with Gasteiger partial charge >= 0.3 is 0 Å². The number of carbonyl (C=O) groups excluding carboxylic acids is 2. The summed E-state index contributed by atoms with van der Waals surface area (Å²) in [7, 11) is 0. The van der Waals surface area contributed by atoms with Gasteiger partial charge in [-0.15, -0.1) is 0 Å². The monoisotopic (exact) mass is 376 g/mol. The molecule has 2 nitrogen and oxygen atoms in total. The first-order chi connectivity index (χ1) is 14.2. The first-order valence-electron chi connectivity index (χ1n) is 9.58. The zero-order valence-corrected chi connectivity index (χ0v) is 15.9. The normalized spacial score (nSPS) is 10.5. The van der Waals surface area contributed by atoms with Crippen LogP contribution in [-0.2, 0) is 6.42 Å². The Bertz CT molecular complexity index is 1020. The van der Waals surface area contributed by atoms with Gasteiger partial charge in [-0.1, -0.05) is 109 Å². The highest BCUT2D eigenvalue weighted by molar-refractivity contribution is 6.09. The summed E-state index contributed by atoms with van der Waals surface area (Å²) in [6.45, 7) is 0. The molecule has 2 heteroatoms. The molecule has 0 bridgehead atoms. The number of rotatable bonds is 6. The van der Waals surface area contributed by atoms with E-state index in [-0.39, 0.29) is 11.6 Å². The topological polar surface area (TPSA) is 34.1 Å². The first kappa shape index (κ1) is 18.6. The molecule has 0 N–H and O–H groups in total. The van der Waals surface area contributed by atoms with E-state index >= 15 is 0 Å². The van der Waals surface area contributed by atoms with Crippen LogP contribution in [0.5, 0.6) is 0 Å². The molecule has 0 saturated carbocycles. The maximum absolute atomic E-state index is 12.5. The van der Waals surface area contributed by atoms with Crippen molar-refractivity contribution in [3.8, 4) is 0 Å². The summed E-state index contributed by atoms with van der Waals surface area (Å²) in [4.78, 5) is 25.0. The number of hydrogen-bond acceptors (Lipinski definition) is 2. The van der Waals surface area contributed by atoms with Crippen LogP contribution in [0.25, 0.3) is 0 Å². The molecule has 0 aliphatic carbocycles. The van der Waals surface area contributed by atoms with Gasteiger partial charge in [0, 0.05) is 22.3 Å². The number of benzene rings is 4. The van der Waals surface area contributed by atoms with Gasteiger partial charge in [0.1, 0.15) is 0 Å². The molecule has 140 valence electrons. The van der Waals surface area contributed by atoms with Gasteiger partial charge in [-0.2, -0.15) is 0 Å². The Kier molecular flexibility index (Phi) is 5.44. The van der Waals surface area contributed by atoms with Crippen molar-refractivity contribution in [2.24, 2.45) is 0 Å². The highest BCUT2D eigenvalue weighted by Gasteiger charge is 2.10. The van der Waals surface area contributed by atoms with Crippen LogP contribution in [0.4, 0.5) is 0 Å². The summed E-state index contributed by atoms with van der Waals surface area (Å²) in [5, 5.41) is 0. The zero-order valence-electron chi connectivity index (χ0n) is 15.9. The van der Waals surface area contributed by atoms with E-state index in [9.17, 15) is 9.59 Å². The third-order valence-electron chi connectivity index (χ3n) is 4.91. The van der Waals surface area contributed by atoms with Gasteiger partial charge in [0.2, 0.25) is 0 Å². The van der Waals surface area contributed by atoms with Crippen LogP contribution in [0, 0.1) is 0 Å². The Balaban J connectivity index is 1.44. The van der Waals surface area contributed by atoms with E-state index < -0.39 is 0 Å². The predicted molar refractivity (Wildman–Crippen MR) is 115 cm³/mol. The average molecular weight is 376 g/mol. The lowest BCUT2D eigenvalue weighted by molar-refractivity contribution is 0.103. The van der Waals surface area contributed by atoms with Gasteiger partial charge in [0.25, 0.3) is 0 Å². The standard InChI is InChI=1S/C27H20O2/c28-26(22-7-3-1-4-8-22)24-15-11-20(12-16-24)19-21-13-17-25(18-14-21)27(29)23-9-5-2-6-10-23/h1-18H,19H2. The molecular formula is C27H20O2. The van der Waals surface area contributed by atoms with Crippen LogP contribution in [-0.4, -0.2) is 11.6 Å². The fraction of sp³-hybridized carbons (Fsp3) is 0.0370. The molecule has 0 aliphatic heterocycles. The largest absolute Gasteiger partial charge is 0.289 e. The molecule has 0 amide bonds. The molecule has 0 heterocycles. The lowest BCUT2D eigenvalue weighted by atomic mass is 9.98. The Morgan fingerprint density at radius 2 is 0.724 bits per heavy atom. The molecule has 0 radical (unpaired) electrons. The van der Waals surface area contributed by atoms with Gasteiger partial charge in [0.05, 0.1) is 0 Å². The van der Waals surface area contributed by atoms with Crippen molar-refractivity contribution in [1.82, 2.24) is 0 Å². The van der Waals surface area contributed by atoms with Crippen LogP contribution in [0.3, 0.4) is 0 Å². The van der Waals surface area contributed by atoms with Gasteiger partial charge in [0.15, 0.2) is 11.6 Å². The summed E-state index contributed by atoms with van der Waals surface area (Å²) in [5.41, 5.74) is 5.00. The fourth-order valence-electron chi connectivity index (χ4n) is 3.30. The van der Waals surface area contributed by atoms with Gasteiger partial charge in [-0.25, -0.2) is 0 Å². The molecule has 29 heavy (non-hydrogen) atoms. The van der Waals surface area contributed by atoms with Crippen molar-refractivity contribution in [2.45, 2.75) is 6.42 Å². The van der Waals surface area contributed by atoms with Crippen molar-refractivity contribution in [3.05, 3.63) is 143 Å². The minimum absolute atomic E-state index is 0.0286. The van der Waals surface area contributed by atoms with E-state index in [4.69, 9.17) is 0 Å². The molecule has 0 atom stereocenters. The van der Waals surface area contributed by atoms with Crippen LogP contribution >= 0.6 is 0 Å².